The number of unbranched alkanes of at least 4 members (excludes halogenated alkanes) is 5. The Morgan fingerprint density at radius 1 is 1.15 bits per heavy atom. The molecule has 0 aromatic heterocycles. The minimum absolute atomic E-state index is 0.00985. The van der Waals surface area contributed by atoms with Gasteiger partial charge in [-0.1, -0.05) is 39.0 Å². The second-order valence-electron chi connectivity index (χ2n) is 3.57. The first-order chi connectivity index (χ1) is 6.31. The van der Waals surface area contributed by atoms with Crippen LogP contribution in [0.4, 0.5) is 0 Å². The van der Waals surface area contributed by atoms with Crippen LogP contribution in [-0.2, 0) is 0 Å². The first-order valence-electron chi connectivity index (χ1n) is 5.44. The zero-order chi connectivity index (χ0) is 9.94. The smallest absolute Gasteiger partial charge is 0.0924 e. The van der Waals surface area contributed by atoms with Crippen molar-refractivity contribution in [1.82, 2.24) is 5.32 Å². The number of rotatable bonds is 8. The molecule has 0 saturated heterocycles. The Balaban J connectivity index is 2.96. The van der Waals surface area contributed by atoms with Crippen molar-refractivity contribution in [3.8, 4) is 6.07 Å². The molecule has 1 atom stereocenters. The van der Waals surface area contributed by atoms with Crippen LogP contribution < -0.4 is 5.32 Å². The van der Waals surface area contributed by atoms with Gasteiger partial charge in [0.15, 0.2) is 0 Å². The van der Waals surface area contributed by atoms with E-state index in [9.17, 15) is 0 Å². The average molecular weight is 182 g/mol. The predicted molar refractivity (Wildman–Crippen MR) is 56.5 cm³/mol. The largest absolute Gasteiger partial charge is 0.302 e. The first kappa shape index (κ1) is 12.4. The van der Waals surface area contributed by atoms with E-state index in [2.05, 4.69) is 18.3 Å². The normalized spacial score (nSPS) is 12.4. The van der Waals surface area contributed by atoms with Gasteiger partial charge < -0.3 is 5.32 Å². The van der Waals surface area contributed by atoms with Gasteiger partial charge in [-0.25, -0.2) is 0 Å². The summed E-state index contributed by atoms with van der Waals surface area (Å²) in [4.78, 5) is 0. The maximum atomic E-state index is 8.49. The Hall–Kier alpha value is -0.550. The molecular formula is C11H22N2. The molecule has 0 bridgehead atoms. The van der Waals surface area contributed by atoms with Gasteiger partial charge in [-0.05, 0) is 19.9 Å². The topological polar surface area (TPSA) is 35.8 Å². The quantitative estimate of drug-likeness (QED) is 0.586. The Morgan fingerprint density at radius 3 is 2.38 bits per heavy atom. The maximum absolute atomic E-state index is 8.49. The predicted octanol–water partition coefficient (Wildman–Crippen LogP) is 2.85. The third kappa shape index (κ3) is 9.36. The summed E-state index contributed by atoms with van der Waals surface area (Å²) in [6, 6.07) is 2.17. The molecule has 1 N–H and O–H groups in total. The second kappa shape index (κ2) is 9.54. The van der Waals surface area contributed by atoms with Gasteiger partial charge in [-0.2, -0.15) is 5.26 Å². The minimum atomic E-state index is 0.00985. The molecule has 0 spiro atoms. The molecule has 2 nitrogen and oxygen atoms in total. The Labute approximate surface area is 82.3 Å². The molecular weight excluding hydrogens is 160 g/mol. The summed E-state index contributed by atoms with van der Waals surface area (Å²) in [5.41, 5.74) is 0. The average Bonchev–Trinajstić information content (AvgIpc) is 2.16. The summed E-state index contributed by atoms with van der Waals surface area (Å²) in [6.07, 6.45) is 7.88. The molecule has 0 rings (SSSR count). The van der Waals surface area contributed by atoms with Gasteiger partial charge in [-0.15, -0.1) is 0 Å². The summed E-state index contributed by atoms with van der Waals surface area (Å²) in [5, 5.41) is 11.7. The fourth-order valence-electron chi connectivity index (χ4n) is 1.27. The van der Waals surface area contributed by atoms with E-state index in [-0.39, 0.29) is 6.04 Å². The number of nitriles is 1. The second-order valence-corrected chi connectivity index (χ2v) is 3.57. The standard InChI is InChI=1S/C11H22N2/c1-3-4-5-6-7-8-9-13-11(2)10-12/h11,13H,3-9H2,1-2H3. The third-order valence-electron chi connectivity index (χ3n) is 2.17. The van der Waals surface area contributed by atoms with Crippen LogP contribution in [0.25, 0.3) is 0 Å². The van der Waals surface area contributed by atoms with Crippen molar-refractivity contribution >= 4 is 0 Å². The van der Waals surface area contributed by atoms with Crippen LogP contribution in [0.5, 0.6) is 0 Å². The summed E-state index contributed by atoms with van der Waals surface area (Å²) < 4.78 is 0. The van der Waals surface area contributed by atoms with E-state index in [0.717, 1.165) is 6.54 Å². The highest BCUT2D eigenvalue weighted by Crippen LogP contribution is 2.03. The van der Waals surface area contributed by atoms with Gasteiger partial charge in [0.2, 0.25) is 0 Å². The number of nitrogens with one attached hydrogen (secondary N) is 1. The Bertz CT molecular complexity index is 138. The van der Waals surface area contributed by atoms with Crippen molar-refractivity contribution in [3.05, 3.63) is 0 Å². The molecule has 0 saturated carbocycles. The van der Waals surface area contributed by atoms with E-state index in [0.29, 0.717) is 0 Å². The summed E-state index contributed by atoms with van der Waals surface area (Å²) >= 11 is 0. The lowest BCUT2D eigenvalue weighted by Gasteiger charge is -2.05. The maximum Gasteiger partial charge on any atom is 0.0924 e. The SMILES string of the molecule is CCCCCCCCNC(C)C#N. The highest BCUT2D eigenvalue weighted by molar-refractivity contribution is 4.84. The highest BCUT2D eigenvalue weighted by Gasteiger charge is 1.95. The zero-order valence-electron chi connectivity index (χ0n) is 8.97. The van der Waals surface area contributed by atoms with E-state index in [1.807, 2.05) is 6.92 Å². The number of hydrogen-bond acceptors (Lipinski definition) is 2. The molecule has 0 amide bonds. The Kier molecular flexibility index (Phi) is 9.13. The molecule has 2 heteroatoms. The third-order valence-corrected chi connectivity index (χ3v) is 2.17. The summed E-state index contributed by atoms with van der Waals surface area (Å²) in [5.74, 6) is 0. The van der Waals surface area contributed by atoms with E-state index >= 15 is 0 Å². The molecule has 13 heavy (non-hydrogen) atoms. The van der Waals surface area contributed by atoms with Crippen LogP contribution in [0.3, 0.4) is 0 Å². The van der Waals surface area contributed by atoms with E-state index in [1.54, 1.807) is 0 Å². The van der Waals surface area contributed by atoms with E-state index in [1.165, 1.54) is 38.5 Å². The molecule has 0 aliphatic carbocycles. The van der Waals surface area contributed by atoms with E-state index in [4.69, 9.17) is 5.26 Å². The van der Waals surface area contributed by atoms with Crippen molar-refractivity contribution in [3.63, 3.8) is 0 Å². The molecule has 0 aliphatic rings. The number of nitrogens with zero attached hydrogens (tertiary/aromatic N) is 1. The van der Waals surface area contributed by atoms with Crippen molar-refractivity contribution in [1.29, 1.82) is 5.26 Å². The molecule has 0 aromatic rings. The van der Waals surface area contributed by atoms with Gasteiger partial charge in [-0.3, -0.25) is 0 Å². The van der Waals surface area contributed by atoms with Crippen LogP contribution in [0.2, 0.25) is 0 Å². The molecule has 0 heterocycles. The highest BCUT2D eigenvalue weighted by atomic mass is 14.9. The van der Waals surface area contributed by atoms with Gasteiger partial charge in [0, 0.05) is 0 Å². The van der Waals surface area contributed by atoms with Crippen LogP contribution in [0.1, 0.15) is 52.4 Å². The van der Waals surface area contributed by atoms with Crippen LogP contribution in [-0.4, -0.2) is 12.6 Å². The van der Waals surface area contributed by atoms with Gasteiger partial charge >= 0.3 is 0 Å². The van der Waals surface area contributed by atoms with Crippen molar-refractivity contribution < 1.29 is 0 Å². The van der Waals surface area contributed by atoms with Crippen molar-refractivity contribution in [2.45, 2.75) is 58.4 Å². The molecule has 1 unspecified atom stereocenters. The fraction of sp³-hybridized carbons (Fsp3) is 0.909. The molecule has 0 radical (unpaired) electrons. The lowest BCUT2D eigenvalue weighted by Crippen LogP contribution is -2.25. The monoisotopic (exact) mass is 182 g/mol. The minimum Gasteiger partial charge on any atom is -0.302 e. The van der Waals surface area contributed by atoms with Gasteiger partial charge in [0.25, 0.3) is 0 Å². The summed E-state index contributed by atoms with van der Waals surface area (Å²) in [7, 11) is 0. The van der Waals surface area contributed by atoms with Crippen LogP contribution in [0, 0.1) is 11.3 Å². The first-order valence-corrected chi connectivity index (χ1v) is 5.44. The van der Waals surface area contributed by atoms with Crippen LogP contribution in [0.15, 0.2) is 0 Å². The fourth-order valence-corrected chi connectivity index (χ4v) is 1.27. The van der Waals surface area contributed by atoms with Crippen LogP contribution >= 0.6 is 0 Å². The Morgan fingerprint density at radius 2 is 1.77 bits per heavy atom. The molecule has 0 aliphatic heterocycles. The van der Waals surface area contributed by atoms with Gasteiger partial charge in [0.1, 0.15) is 0 Å². The number of hydrogen-bond donors (Lipinski definition) is 1. The van der Waals surface area contributed by atoms with Crippen molar-refractivity contribution in [2.75, 3.05) is 6.54 Å². The lowest BCUT2D eigenvalue weighted by molar-refractivity contribution is 0.558. The molecule has 76 valence electrons. The molecule has 0 aromatic carbocycles. The molecule has 0 fully saturated rings. The lowest BCUT2D eigenvalue weighted by atomic mass is 10.1. The van der Waals surface area contributed by atoms with Crippen molar-refractivity contribution in [2.24, 2.45) is 0 Å². The van der Waals surface area contributed by atoms with E-state index < -0.39 is 0 Å². The van der Waals surface area contributed by atoms with Gasteiger partial charge in [0.05, 0.1) is 12.1 Å². The summed E-state index contributed by atoms with van der Waals surface area (Å²) in [6.45, 7) is 5.12. The zero-order valence-corrected chi connectivity index (χ0v) is 8.97.